The van der Waals surface area contributed by atoms with Crippen LogP contribution in [0.25, 0.3) is 11.3 Å². The highest BCUT2D eigenvalue weighted by Gasteiger charge is 2.11. The van der Waals surface area contributed by atoms with Crippen molar-refractivity contribution in [1.82, 2.24) is 5.16 Å². The summed E-state index contributed by atoms with van der Waals surface area (Å²) in [6, 6.07) is 15.4. The van der Waals surface area contributed by atoms with Gasteiger partial charge in [-0.3, -0.25) is 0 Å². The number of esters is 1. The van der Waals surface area contributed by atoms with Crippen LogP contribution < -0.4 is 0 Å². The van der Waals surface area contributed by atoms with Gasteiger partial charge < -0.3 is 9.26 Å². The van der Waals surface area contributed by atoms with Gasteiger partial charge in [0.15, 0.2) is 5.76 Å². The Kier molecular flexibility index (Phi) is 4.65. The third-order valence-corrected chi connectivity index (χ3v) is 3.62. The van der Waals surface area contributed by atoms with Crippen LogP contribution in [0.4, 0.5) is 0 Å². The summed E-state index contributed by atoms with van der Waals surface area (Å²) in [4.78, 5) is 11.9. The van der Waals surface area contributed by atoms with E-state index in [-0.39, 0.29) is 6.61 Å². The summed E-state index contributed by atoms with van der Waals surface area (Å²) in [6.07, 6.45) is 0. The number of hydrogen-bond acceptors (Lipinski definition) is 4. The molecule has 0 saturated carbocycles. The Hall–Kier alpha value is -2.30. The second-order valence-corrected chi connectivity index (χ2v) is 5.65. The largest absolute Gasteiger partial charge is 0.455 e. The number of halogens is 2. The van der Waals surface area contributed by atoms with Crippen molar-refractivity contribution in [2.24, 2.45) is 0 Å². The molecular weight excluding hydrogens is 337 g/mol. The summed E-state index contributed by atoms with van der Waals surface area (Å²) in [5, 5.41) is 5.09. The topological polar surface area (TPSA) is 52.3 Å². The molecule has 0 fully saturated rings. The summed E-state index contributed by atoms with van der Waals surface area (Å²) in [5.41, 5.74) is 1.80. The molecule has 116 valence electrons. The quantitative estimate of drug-likeness (QED) is 0.622. The molecule has 0 spiro atoms. The van der Waals surface area contributed by atoms with Crippen molar-refractivity contribution in [3.63, 3.8) is 0 Å². The molecule has 0 aliphatic carbocycles. The van der Waals surface area contributed by atoms with Crippen LogP contribution in [0.1, 0.15) is 16.1 Å². The Morgan fingerprint density at radius 3 is 2.26 bits per heavy atom. The first-order valence-electron chi connectivity index (χ1n) is 6.76. The Morgan fingerprint density at radius 2 is 1.61 bits per heavy atom. The maximum absolute atomic E-state index is 11.9. The third-order valence-electron chi connectivity index (χ3n) is 3.12. The molecule has 4 nitrogen and oxygen atoms in total. The van der Waals surface area contributed by atoms with E-state index in [0.29, 0.717) is 27.1 Å². The second kappa shape index (κ2) is 6.86. The van der Waals surface area contributed by atoms with Gasteiger partial charge in [-0.2, -0.15) is 0 Å². The molecule has 1 aromatic heterocycles. The number of ether oxygens (including phenoxy) is 1. The lowest BCUT2D eigenvalue weighted by atomic mass is 10.2. The van der Waals surface area contributed by atoms with Gasteiger partial charge in [0.2, 0.25) is 0 Å². The maximum atomic E-state index is 11.9. The molecule has 0 aliphatic heterocycles. The molecule has 2 aromatic carbocycles. The molecule has 0 N–H and O–H groups in total. The number of carbonyl (C=O) groups is 1. The van der Waals surface area contributed by atoms with Crippen LogP contribution in [0.2, 0.25) is 10.0 Å². The Bertz CT molecular complexity index is 811. The molecule has 0 radical (unpaired) electrons. The van der Waals surface area contributed by atoms with E-state index in [9.17, 15) is 4.79 Å². The van der Waals surface area contributed by atoms with Gasteiger partial charge in [0.1, 0.15) is 12.3 Å². The number of benzene rings is 2. The van der Waals surface area contributed by atoms with E-state index in [4.69, 9.17) is 32.5 Å². The first kappa shape index (κ1) is 15.6. The zero-order valence-corrected chi connectivity index (χ0v) is 13.3. The van der Waals surface area contributed by atoms with Gasteiger partial charge in [0.05, 0.1) is 5.56 Å². The van der Waals surface area contributed by atoms with Crippen molar-refractivity contribution in [3.8, 4) is 11.3 Å². The predicted octanol–water partition coefficient (Wildman–Crippen LogP) is 5.01. The average molecular weight is 348 g/mol. The summed E-state index contributed by atoms with van der Waals surface area (Å²) in [7, 11) is 0. The van der Waals surface area contributed by atoms with E-state index in [0.717, 1.165) is 5.56 Å². The van der Waals surface area contributed by atoms with Crippen LogP contribution in [0.3, 0.4) is 0 Å². The average Bonchev–Trinajstić information content (AvgIpc) is 3.03. The van der Waals surface area contributed by atoms with Crippen molar-refractivity contribution >= 4 is 29.2 Å². The third kappa shape index (κ3) is 3.92. The highest BCUT2D eigenvalue weighted by Crippen LogP contribution is 2.22. The van der Waals surface area contributed by atoms with Gasteiger partial charge in [-0.1, -0.05) is 28.4 Å². The summed E-state index contributed by atoms with van der Waals surface area (Å²) in [6.45, 7) is 0.0263. The summed E-state index contributed by atoms with van der Waals surface area (Å²) < 4.78 is 10.4. The van der Waals surface area contributed by atoms with Crippen molar-refractivity contribution in [2.75, 3.05) is 0 Å². The lowest BCUT2D eigenvalue weighted by molar-refractivity contribution is 0.0464. The van der Waals surface area contributed by atoms with Crippen LogP contribution in [0, 0.1) is 0 Å². The van der Waals surface area contributed by atoms with Crippen molar-refractivity contribution < 1.29 is 14.1 Å². The lowest BCUT2D eigenvalue weighted by Gasteiger charge is -2.02. The highest BCUT2D eigenvalue weighted by molar-refractivity contribution is 6.30. The number of carbonyl (C=O) groups excluding carboxylic acids is 1. The molecule has 0 unspecified atom stereocenters. The molecular formula is C17H11Cl2NO3. The van der Waals surface area contributed by atoms with Crippen LogP contribution in [-0.4, -0.2) is 11.1 Å². The van der Waals surface area contributed by atoms with Crippen molar-refractivity contribution in [2.45, 2.75) is 6.61 Å². The molecule has 0 saturated heterocycles. The predicted molar refractivity (Wildman–Crippen MR) is 87.5 cm³/mol. The van der Waals surface area contributed by atoms with Crippen LogP contribution in [-0.2, 0) is 11.3 Å². The first-order valence-corrected chi connectivity index (χ1v) is 7.51. The molecule has 23 heavy (non-hydrogen) atoms. The van der Waals surface area contributed by atoms with Gasteiger partial charge in [0, 0.05) is 21.7 Å². The Balaban J connectivity index is 1.64. The van der Waals surface area contributed by atoms with E-state index >= 15 is 0 Å². The Labute approximate surface area is 142 Å². The molecule has 0 bridgehead atoms. The van der Waals surface area contributed by atoms with Gasteiger partial charge in [-0.05, 0) is 48.5 Å². The molecule has 0 aliphatic rings. The molecule has 3 rings (SSSR count). The van der Waals surface area contributed by atoms with Gasteiger partial charge in [0.25, 0.3) is 0 Å². The fraction of sp³-hybridized carbons (Fsp3) is 0.0588. The van der Waals surface area contributed by atoms with Crippen molar-refractivity contribution in [1.29, 1.82) is 0 Å². The monoisotopic (exact) mass is 347 g/mol. The maximum Gasteiger partial charge on any atom is 0.338 e. The van der Waals surface area contributed by atoms with Crippen molar-refractivity contribution in [3.05, 3.63) is 75.9 Å². The molecule has 1 heterocycles. The lowest BCUT2D eigenvalue weighted by Crippen LogP contribution is -2.05. The summed E-state index contributed by atoms with van der Waals surface area (Å²) in [5.74, 6) is 0.136. The van der Waals surface area contributed by atoms with E-state index in [1.54, 1.807) is 42.5 Å². The molecule has 3 aromatic rings. The standard InChI is InChI=1S/C17H11Cl2NO3/c18-13-5-1-11(2-6-13)16-9-15(20-23-16)10-22-17(21)12-3-7-14(19)8-4-12/h1-9H,10H2. The molecule has 0 atom stereocenters. The van der Waals surface area contributed by atoms with E-state index in [2.05, 4.69) is 5.16 Å². The summed E-state index contributed by atoms with van der Waals surface area (Å²) >= 11 is 11.6. The van der Waals surface area contributed by atoms with E-state index < -0.39 is 5.97 Å². The number of hydrogen-bond donors (Lipinski definition) is 0. The minimum Gasteiger partial charge on any atom is -0.455 e. The zero-order chi connectivity index (χ0) is 16.2. The van der Waals surface area contributed by atoms with E-state index in [1.165, 1.54) is 0 Å². The molecule has 0 amide bonds. The fourth-order valence-electron chi connectivity index (χ4n) is 1.94. The minimum atomic E-state index is -0.447. The highest BCUT2D eigenvalue weighted by atomic mass is 35.5. The minimum absolute atomic E-state index is 0.0263. The van der Waals surface area contributed by atoms with Crippen LogP contribution in [0.5, 0.6) is 0 Å². The van der Waals surface area contributed by atoms with Crippen LogP contribution in [0.15, 0.2) is 59.1 Å². The Morgan fingerprint density at radius 1 is 1.00 bits per heavy atom. The first-order chi connectivity index (χ1) is 11.1. The number of aromatic nitrogens is 1. The van der Waals surface area contributed by atoms with Crippen LogP contribution >= 0.6 is 23.2 Å². The second-order valence-electron chi connectivity index (χ2n) is 4.77. The van der Waals surface area contributed by atoms with Gasteiger partial charge >= 0.3 is 5.97 Å². The fourth-order valence-corrected chi connectivity index (χ4v) is 2.19. The number of nitrogens with zero attached hydrogens (tertiary/aromatic N) is 1. The molecule has 6 heteroatoms. The normalized spacial score (nSPS) is 10.5. The van der Waals surface area contributed by atoms with Gasteiger partial charge in [-0.25, -0.2) is 4.79 Å². The van der Waals surface area contributed by atoms with E-state index in [1.807, 2.05) is 12.1 Å². The smallest absolute Gasteiger partial charge is 0.338 e. The zero-order valence-electron chi connectivity index (χ0n) is 11.8. The number of rotatable bonds is 4. The van der Waals surface area contributed by atoms with Gasteiger partial charge in [-0.15, -0.1) is 0 Å². The SMILES string of the molecule is O=C(OCc1cc(-c2ccc(Cl)cc2)on1)c1ccc(Cl)cc1.